The van der Waals surface area contributed by atoms with Gasteiger partial charge in [-0.25, -0.2) is 0 Å². The number of para-hydroxylation sites is 4. The maximum Gasteiger partial charge on any atom is 0.0661 e. The van der Waals surface area contributed by atoms with E-state index < -0.39 is 0 Å². The van der Waals surface area contributed by atoms with Crippen LogP contribution in [0.3, 0.4) is 0 Å². The van der Waals surface area contributed by atoms with Gasteiger partial charge < -0.3 is 14.7 Å². The Morgan fingerprint density at radius 1 is 0.369 bits per heavy atom. The minimum Gasteiger partial charge on any atom is -0.309 e. The summed E-state index contributed by atoms with van der Waals surface area (Å²) in [6.07, 6.45) is 9.19. The van der Waals surface area contributed by atoms with Crippen LogP contribution in [0.2, 0.25) is 0 Å². The molecule has 16 rings (SSSR count). The molecule has 1 aliphatic heterocycles. The van der Waals surface area contributed by atoms with E-state index in [9.17, 15) is 0 Å². The molecular formula is C77H53N3S4. The van der Waals surface area contributed by atoms with Crippen molar-refractivity contribution in [3.8, 4) is 11.1 Å². The molecule has 2 unspecified atom stereocenters. The van der Waals surface area contributed by atoms with Gasteiger partial charge in [-0.1, -0.05) is 200 Å². The Kier molecular flexibility index (Phi) is 12.8. The van der Waals surface area contributed by atoms with Gasteiger partial charge in [-0.3, -0.25) is 0 Å². The minimum absolute atomic E-state index is 0.315. The lowest BCUT2D eigenvalue weighted by atomic mass is 9.92. The van der Waals surface area contributed by atoms with E-state index in [0.717, 1.165) is 51.1 Å². The third-order valence-electron chi connectivity index (χ3n) is 16.5. The van der Waals surface area contributed by atoms with E-state index in [1.54, 1.807) is 0 Å². The van der Waals surface area contributed by atoms with Crippen molar-refractivity contribution in [2.75, 3.05) is 14.7 Å². The Bertz CT molecular complexity index is 4910. The molecule has 0 radical (unpaired) electrons. The van der Waals surface area contributed by atoms with Crippen LogP contribution >= 0.6 is 46.2 Å². The fraction of sp³-hybridized carbons (Fsp3) is 0.0390. The molecule has 0 saturated heterocycles. The van der Waals surface area contributed by atoms with Crippen molar-refractivity contribution in [2.24, 2.45) is 0 Å². The van der Waals surface area contributed by atoms with E-state index in [0.29, 0.717) is 11.2 Å². The summed E-state index contributed by atoms with van der Waals surface area (Å²) in [5, 5.41) is 7.71. The second-order valence-corrected chi connectivity index (χ2v) is 25.9. The molecule has 400 valence electrons. The van der Waals surface area contributed by atoms with E-state index in [1.807, 2.05) is 46.2 Å². The largest absolute Gasteiger partial charge is 0.309 e. The minimum atomic E-state index is 0.315. The van der Waals surface area contributed by atoms with Gasteiger partial charge in [0.1, 0.15) is 0 Å². The van der Waals surface area contributed by atoms with E-state index in [2.05, 4.69) is 313 Å². The van der Waals surface area contributed by atoms with E-state index in [-0.39, 0.29) is 0 Å². The third-order valence-corrected chi connectivity index (χ3v) is 21.6. The lowest BCUT2D eigenvalue weighted by molar-refractivity contribution is 0.880. The predicted octanol–water partition coefficient (Wildman–Crippen LogP) is 23.8. The first-order chi connectivity index (χ1) is 41.6. The van der Waals surface area contributed by atoms with Crippen LogP contribution in [0.15, 0.2) is 306 Å². The number of rotatable bonds is 12. The molecular weight excluding hydrogens is 1100 g/mol. The maximum absolute atomic E-state index is 2.53. The van der Waals surface area contributed by atoms with Gasteiger partial charge in [-0.2, -0.15) is 0 Å². The number of allylic oxidation sites excluding steroid dienone is 3. The first-order valence-electron chi connectivity index (χ1n) is 28.5. The Morgan fingerprint density at radius 3 is 1.75 bits per heavy atom. The molecule has 0 saturated carbocycles. The lowest BCUT2D eigenvalue weighted by Crippen LogP contribution is -2.14. The number of hydrogen-bond donors (Lipinski definition) is 0. The molecule has 2 aromatic heterocycles. The van der Waals surface area contributed by atoms with Crippen LogP contribution in [-0.4, -0.2) is 5.25 Å². The Labute approximate surface area is 505 Å². The van der Waals surface area contributed by atoms with Crippen LogP contribution in [0.5, 0.6) is 0 Å². The Morgan fingerprint density at radius 2 is 0.964 bits per heavy atom. The van der Waals surface area contributed by atoms with Crippen molar-refractivity contribution in [1.82, 2.24) is 0 Å². The molecule has 12 aromatic carbocycles. The zero-order chi connectivity index (χ0) is 55.7. The van der Waals surface area contributed by atoms with Crippen LogP contribution in [0.25, 0.3) is 62.2 Å². The van der Waals surface area contributed by atoms with Crippen LogP contribution in [0.4, 0.5) is 51.2 Å². The highest BCUT2D eigenvalue weighted by atomic mass is 32.2. The SMILES string of the molecule is Cc1ccccc1Sc1ccccc1N(c1ccccc1)c1cc(N(c2ccccc2)c2cccc3c2SC2C=CC=CC32)cc2c1sc1ccc(-c3c(N(c4ccccc4)c4cccc5c4sc4ccccc45)ccc4ccccc34)cc12. The molecule has 7 heteroatoms. The molecule has 3 heterocycles. The average Bonchev–Trinajstić information content (AvgIpc) is 3.39. The topological polar surface area (TPSA) is 9.72 Å². The van der Waals surface area contributed by atoms with Gasteiger partial charge >= 0.3 is 0 Å². The van der Waals surface area contributed by atoms with Gasteiger partial charge in [0.2, 0.25) is 0 Å². The molecule has 14 aromatic rings. The van der Waals surface area contributed by atoms with Crippen molar-refractivity contribution < 1.29 is 0 Å². The van der Waals surface area contributed by atoms with Crippen molar-refractivity contribution in [3.63, 3.8) is 0 Å². The molecule has 0 spiro atoms. The summed E-state index contributed by atoms with van der Waals surface area (Å²) < 4.78 is 4.99. The summed E-state index contributed by atoms with van der Waals surface area (Å²) in [6.45, 7) is 2.21. The average molecular weight is 1150 g/mol. The highest BCUT2D eigenvalue weighted by Crippen LogP contribution is 2.57. The predicted molar refractivity (Wildman–Crippen MR) is 365 cm³/mol. The summed E-state index contributed by atoms with van der Waals surface area (Å²) in [5.41, 5.74) is 15.1. The zero-order valence-electron chi connectivity index (χ0n) is 45.8. The van der Waals surface area contributed by atoms with Crippen LogP contribution < -0.4 is 14.7 Å². The lowest BCUT2D eigenvalue weighted by Gasteiger charge is -2.31. The number of thioether (sulfide) groups is 1. The zero-order valence-corrected chi connectivity index (χ0v) is 49.1. The number of thiophene rings is 2. The summed E-state index contributed by atoms with van der Waals surface area (Å²) in [7, 11) is 0. The first-order valence-corrected chi connectivity index (χ1v) is 31.9. The van der Waals surface area contributed by atoms with Crippen molar-refractivity contribution in [3.05, 3.63) is 302 Å². The van der Waals surface area contributed by atoms with Crippen LogP contribution in [0.1, 0.15) is 17.0 Å². The second kappa shape index (κ2) is 21.3. The van der Waals surface area contributed by atoms with Gasteiger partial charge in [0, 0.05) is 85.1 Å². The molecule has 0 bridgehead atoms. The summed E-state index contributed by atoms with van der Waals surface area (Å²) in [4.78, 5) is 11.3. The normalized spacial score (nSPS) is 14.4. The highest BCUT2D eigenvalue weighted by molar-refractivity contribution is 8.00. The molecule has 84 heavy (non-hydrogen) atoms. The molecule has 2 aliphatic rings. The number of aryl methyl sites for hydroxylation is 1. The van der Waals surface area contributed by atoms with Gasteiger partial charge in [-0.15, -0.1) is 34.4 Å². The van der Waals surface area contributed by atoms with E-state index >= 15 is 0 Å². The summed E-state index contributed by atoms with van der Waals surface area (Å²) in [6, 6.07) is 99.0. The van der Waals surface area contributed by atoms with Gasteiger partial charge in [0.05, 0.1) is 37.8 Å². The van der Waals surface area contributed by atoms with Crippen LogP contribution in [-0.2, 0) is 0 Å². The van der Waals surface area contributed by atoms with Crippen molar-refractivity contribution in [2.45, 2.75) is 32.8 Å². The fourth-order valence-corrected chi connectivity index (χ4v) is 17.5. The molecule has 2 atom stereocenters. The Hall–Kier alpha value is -9.08. The molecule has 3 nitrogen and oxygen atoms in total. The standard InChI is InChI=1S/C77H53N3S4/c1-50-23-11-17-39-69(50)81-73-42-20-16-36-64(73)79(54-27-7-3-8-28-54)68-49-56(78(53-25-5-2-6-26-53)66-37-21-34-60-58-32-14-18-40-70(58)82-75(60)66)48-63-62-47-52(44-46-72(62)84-77(63)68)74-57-31-13-12-24-51(57)43-45-65(74)80(55-29-9-4-10-30-55)67-38-22-35-61-59-33-15-19-41-71(59)83-76(61)67/h2-49,58,70H,1H3. The third kappa shape index (κ3) is 8.72. The number of nitrogens with zero attached hydrogens (tertiary/aromatic N) is 3. The fourth-order valence-electron chi connectivity index (χ4n) is 12.7. The van der Waals surface area contributed by atoms with Gasteiger partial charge in [-0.05, 0) is 138 Å². The van der Waals surface area contributed by atoms with Crippen LogP contribution in [0, 0.1) is 6.92 Å². The number of benzene rings is 12. The Balaban J connectivity index is 0.976. The van der Waals surface area contributed by atoms with E-state index in [4.69, 9.17) is 0 Å². The van der Waals surface area contributed by atoms with Gasteiger partial charge in [0.25, 0.3) is 0 Å². The van der Waals surface area contributed by atoms with Crippen molar-refractivity contribution in [1.29, 1.82) is 0 Å². The summed E-state index contributed by atoms with van der Waals surface area (Å²) in [5.74, 6) is 0.315. The first kappa shape index (κ1) is 50.6. The van der Waals surface area contributed by atoms with E-state index in [1.165, 1.54) is 88.2 Å². The second-order valence-electron chi connectivity index (χ2n) is 21.5. The number of fused-ring (bicyclic) bond motifs is 10. The monoisotopic (exact) mass is 1150 g/mol. The smallest absolute Gasteiger partial charge is 0.0661 e. The highest BCUT2D eigenvalue weighted by Gasteiger charge is 2.35. The van der Waals surface area contributed by atoms with Gasteiger partial charge in [0.15, 0.2) is 0 Å². The van der Waals surface area contributed by atoms with Crippen molar-refractivity contribution >= 4 is 149 Å². The number of hydrogen-bond acceptors (Lipinski definition) is 7. The molecule has 1 aliphatic carbocycles. The molecule has 0 N–H and O–H groups in total. The number of anilines is 9. The molecule has 0 amide bonds. The molecule has 0 fully saturated rings. The maximum atomic E-state index is 2.53. The quantitative estimate of drug-likeness (QED) is 0.120. The summed E-state index contributed by atoms with van der Waals surface area (Å²) >= 11 is 7.58.